The Morgan fingerprint density at radius 1 is 0.857 bits per heavy atom. The molecular formula is C35H30N4O3. The molecule has 0 unspecified atom stereocenters. The summed E-state index contributed by atoms with van der Waals surface area (Å²) in [4.78, 5) is 44.8. The van der Waals surface area contributed by atoms with E-state index in [1.165, 1.54) is 0 Å². The quantitative estimate of drug-likeness (QED) is 0.253. The van der Waals surface area contributed by atoms with E-state index in [2.05, 4.69) is 10.3 Å². The van der Waals surface area contributed by atoms with Crippen LogP contribution in [-0.2, 0) is 19.6 Å². The molecule has 0 saturated carbocycles. The van der Waals surface area contributed by atoms with Gasteiger partial charge in [0.25, 0.3) is 11.8 Å². The molecule has 1 N–H and O–H groups in total. The highest BCUT2D eigenvalue weighted by Crippen LogP contribution is 2.32. The van der Waals surface area contributed by atoms with Crippen LogP contribution < -0.4 is 10.2 Å². The van der Waals surface area contributed by atoms with Crippen molar-refractivity contribution < 1.29 is 14.4 Å². The highest BCUT2D eigenvalue weighted by atomic mass is 16.2. The van der Waals surface area contributed by atoms with Gasteiger partial charge in [-0.05, 0) is 78.1 Å². The minimum Gasteiger partial charge on any atom is -0.347 e. The van der Waals surface area contributed by atoms with Gasteiger partial charge in [-0.2, -0.15) is 0 Å². The fraction of sp³-hybridized carbons (Fsp3) is 0.143. The van der Waals surface area contributed by atoms with Gasteiger partial charge in [0.1, 0.15) is 5.69 Å². The van der Waals surface area contributed by atoms with Crippen molar-refractivity contribution in [2.24, 2.45) is 0 Å². The van der Waals surface area contributed by atoms with E-state index >= 15 is 0 Å². The third-order valence-corrected chi connectivity index (χ3v) is 7.73. The molecular weight excluding hydrogens is 524 g/mol. The number of carbonyl (C=O) groups excluding carboxylic acids is 3. The Bertz CT molecular complexity index is 1810. The SMILES string of the molecule is CC(=O)c1ccc(-c2ccc(C(=O)N3Cc4ccc(C(=O)NCc5cccnc5)n4Cc4ccccc43)cc2C)cc1. The van der Waals surface area contributed by atoms with Gasteiger partial charge in [-0.15, -0.1) is 0 Å². The average Bonchev–Trinajstić information content (AvgIpc) is 3.33. The van der Waals surface area contributed by atoms with E-state index in [1.807, 2.05) is 102 Å². The first-order valence-corrected chi connectivity index (χ1v) is 13.9. The molecule has 2 aromatic heterocycles. The van der Waals surface area contributed by atoms with E-state index < -0.39 is 0 Å². The molecule has 0 radical (unpaired) electrons. The number of hydrogen-bond donors (Lipinski definition) is 1. The third-order valence-electron chi connectivity index (χ3n) is 7.73. The summed E-state index contributed by atoms with van der Waals surface area (Å²) in [5, 5.41) is 2.99. The molecule has 3 heterocycles. The van der Waals surface area contributed by atoms with Gasteiger partial charge < -0.3 is 14.8 Å². The fourth-order valence-corrected chi connectivity index (χ4v) is 5.48. The van der Waals surface area contributed by atoms with Gasteiger partial charge in [0, 0.05) is 41.4 Å². The number of para-hydroxylation sites is 1. The Hall–Kier alpha value is -5.30. The zero-order valence-electron chi connectivity index (χ0n) is 23.5. The molecule has 7 nitrogen and oxygen atoms in total. The van der Waals surface area contributed by atoms with Crippen LogP contribution in [0.3, 0.4) is 0 Å². The minimum absolute atomic E-state index is 0.0283. The molecule has 208 valence electrons. The first-order chi connectivity index (χ1) is 20.4. The standard InChI is InChI=1S/C35H30N4O3/c1-23-18-28(13-15-31(23)27-11-9-26(10-12-27)24(2)40)35(42)39-22-30-14-16-33(34(41)37-20-25-6-5-17-36-19-25)38(30)21-29-7-3-4-8-32(29)39/h3-19H,20-22H2,1-2H3,(H,37,41). The Morgan fingerprint density at radius 2 is 1.64 bits per heavy atom. The molecule has 0 saturated heterocycles. The van der Waals surface area contributed by atoms with Crippen molar-refractivity contribution in [2.45, 2.75) is 33.5 Å². The van der Waals surface area contributed by atoms with E-state index in [0.717, 1.165) is 39.2 Å². The number of benzene rings is 3. The van der Waals surface area contributed by atoms with Crippen LogP contribution in [0.4, 0.5) is 5.69 Å². The first-order valence-electron chi connectivity index (χ1n) is 13.9. The van der Waals surface area contributed by atoms with Crippen molar-refractivity contribution in [2.75, 3.05) is 4.90 Å². The second-order valence-electron chi connectivity index (χ2n) is 10.5. The topological polar surface area (TPSA) is 84.3 Å². The maximum Gasteiger partial charge on any atom is 0.268 e. The molecule has 0 aliphatic carbocycles. The number of hydrogen-bond acceptors (Lipinski definition) is 4. The first kappa shape index (κ1) is 26.9. The number of fused-ring (bicyclic) bond motifs is 2. The van der Waals surface area contributed by atoms with E-state index in [9.17, 15) is 14.4 Å². The Balaban J connectivity index is 1.28. The van der Waals surface area contributed by atoms with Gasteiger partial charge in [0.05, 0.1) is 13.1 Å². The second-order valence-corrected chi connectivity index (χ2v) is 10.5. The molecule has 7 heteroatoms. The number of aromatic nitrogens is 2. The number of anilines is 1. The van der Waals surface area contributed by atoms with Crippen molar-refractivity contribution >= 4 is 23.3 Å². The molecule has 3 aromatic carbocycles. The van der Waals surface area contributed by atoms with Crippen LogP contribution in [0.15, 0.2) is 103 Å². The summed E-state index contributed by atoms with van der Waals surface area (Å²) in [6.07, 6.45) is 3.44. The molecule has 6 rings (SSSR count). The molecule has 0 fully saturated rings. The Kier molecular flexibility index (Phi) is 7.23. The number of nitrogens with zero attached hydrogens (tertiary/aromatic N) is 3. The van der Waals surface area contributed by atoms with Gasteiger partial charge in [0.2, 0.25) is 0 Å². The molecule has 0 atom stereocenters. The second kappa shape index (κ2) is 11.3. The summed E-state index contributed by atoms with van der Waals surface area (Å²) in [7, 11) is 0. The Labute approximate surface area is 244 Å². The summed E-state index contributed by atoms with van der Waals surface area (Å²) < 4.78 is 1.99. The lowest BCUT2D eigenvalue weighted by Crippen LogP contribution is -2.30. The van der Waals surface area contributed by atoms with Gasteiger partial charge in [-0.3, -0.25) is 19.4 Å². The Morgan fingerprint density at radius 3 is 2.38 bits per heavy atom. The third kappa shape index (κ3) is 5.24. The molecule has 1 aliphatic heterocycles. The highest BCUT2D eigenvalue weighted by molar-refractivity contribution is 6.07. The molecule has 0 spiro atoms. The monoisotopic (exact) mass is 554 g/mol. The summed E-state index contributed by atoms with van der Waals surface area (Å²) in [5.41, 5.74) is 8.36. The van der Waals surface area contributed by atoms with E-state index in [-0.39, 0.29) is 17.6 Å². The molecule has 5 aromatic rings. The average molecular weight is 555 g/mol. The van der Waals surface area contributed by atoms with Crippen LogP contribution >= 0.6 is 0 Å². The lowest BCUT2D eigenvalue weighted by molar-refractivity contribution is 0.0940. The largest absolute Gasteiger partial charge is 0.347 e. The summed E-state index contributed by atoms with van der Waals surface area (Å²) >= 11 is 0. The molecule has 42 heavy (non-hydrogen) atoms. The fourth-order valence-electron chi connectivity index (χ4n) is 5.48. The zero-order chi connectivity index (χ0) is 29.2. The lowest BCUT2D eigenvalue weighted by atomic mass is 9.96. The predicted octanol–water partition coefficient (Wildman–Crippen LogP) is 6.20. The number of amides is 2. The summed E-state index contributed by atoms with van der Waals surface area (Å²) in [6, 6.07) is 28.6. The van der Waals surface area contributed by atoms with E-state index in [1.54, 1.807) is 24.2 Å². The van der Waals surface area contributed by atoms with Crippen molar-refractivity contribution in [1.82, 2.24) is 14.9 Å². The number of rotatable bonds is 6. The van der Waals surface area contributed by atoms with Gasteiger partial charge in [-0.25, -0.2) is 0 Å². The van der Waals surface area contributed by atoms with Crippen LogP contribution in [-0.4, -0.2) is 27.1 Å². The van der Waals surface area contributed by atoms with Crippen LogP contribution in [0.1, 0.15) is 60.5 Å². The van der Waals surface area contributed by atoms with Crippen LogP contribution in [0, 0.1) is 6.92 Å². The maximum absolute atomic E-state index is 14.0. The van der Waals surface area contributed by atoms with Crippen LogP contribution in [0.5, 0.6) is 0 Å². The van der Waals surface area contributed by atoms with Gasteiger partial charge >= 0.3 is 0 Å². The number of ketones is 1. The number of carbonyl (C=O) groups is 3. The molecule has 0 bridgehead atoms. The maximum atomic E-state index is 14.0. The number of pyridine rings is 1. The lowest BCUT2D eigenvalue weighted by Gasteiger charge is -2.23. The van der Waals surface area contributed by atoms with Gasteiger partial charge in [0.15, 0.2) is 5.78 Å². The van der Waals surface area contributed by atoms with Crippen molar-refractivity contribution in [3.63, 3.8) is 0 Å². The highest BCUT2D eigenvalue weighted by Gasteiger charge is 2.27. The van der Waals surface area contributed by atoms with Crippen LogP contribution in [0.25, 0.3) is 11.1 Å². The smallest absolute Gasteiger partial charge is 0.268 e. The predicted molar refractivity (Wildman–Crippen MR) is 163 cm³/mol. The number of nitrogens with one attached hydrogen (secondary N) is 1. The summed E-state index contributed by atoms with van der Waals surface area (Å²) in [6.45, 7) is 4.73. The van der Waals surface area contributed by atoms with E-state index in [0.29, 0.717) is 36.5 Å². The molecule has 1 aliphatic rings. The van der Waals surface area contributed by atoms with Crippen LogP contribution in [0.2, 0.25) is 0 Å². The van der Waals surface area contributed by atoms with Crippen molar-refractivity contribution in [3.8, 4) is 11.1 Å². The number of aryl methyl sites for hydroxylation is 1. The summed E-state index contributed by atoms with van der Waals surface area (Å²) in [5.74, 6) is -0.258. The van der Waals surface area contributed by atoms with Crippen molar-refractivity contribution in [3.05, 3.63) is 143 Å². The normalized spacial score (nSPS) is 12.2. The number of Topliss-reactive ketones (excluding diaryl/α,β-unsaturated/α-hetero) is 1. The minimum atomic E-state index is -0.176. The van der Waals surface area contributed by atoms with Gasteiger partial charge in [-0.1, -0.05) is 54.6 Å². The van der Waals surface area contributed by atoms with E-state index in [4.69, 9.17) is 0 Å². The van der Waals surface area contributed by atoms with Crippen molar-refractivity contribution in [1.29, 1.82) is 0 Å². The zero-order valence-corrected chi connectivity index (χ0v) is 23.5. The molecule has 2 amide bonds.